The Kier molecular flexibility index (Phi) is 5.79. The van der Waals surface area contributed by atoms with Crippen molar-refractivity contribution in [3.8, 4) is 5.75 Å². The van der Waals surface area contributed by atoms with E-state index in [4.69, 9.17) is 4.74 Å². The lowest BCUT2D eigenvalue weighted by atomic mass is 10.1. The third kappa shape index (κ3) is 4.93. The first-order chi connectivity index (χ1) is 11.3. The van der Waals surface area contributed by atoms with E-state index in [0.717, 1.165) is 11.9 Å². The van der Waals surface area contributed by atoms with Gasteiger partial charge in [-0.25, -0.2) is 13.1 Å². The third-order valence-electron chi connectivity index (χ3n) is 3.67. The zero-order valence-corrected chi connectivity index (χ0v) is 14.4. The standard InChI is InChI=1S/C15H21N3O5S/c1-23-13-5-3-12(4-6-13)18-10-11(9-14(18)19)15(20)16-7-8-17-24(2,21)22/h3-6,11,17H,7-10H2,1-2H3,(H,16,20). The predicted octanol–water partition coefficient (Wildman–Crippen LogP) is -0.286. The lowest BCUT2D eigenvalue weighted by Crippen LogP contribution is -2.38. The molecule has 1 aliphatic heterocycles. The first kappa shape index (κ1) is 18.2. The minimum Gasteiger partial charge on any atom is -0.497 e. The van der Waals surface area contributed by atoms with E-state index in [1.54, 1.807) is 36.3 Å². The molecule has 0 bridgehead atoms. The molecule has 1 aromatic carbocycles. The van der Waals surface area contributed by atoms with Gasteiger partial charge in [-0.1, -0.05) is 0 Å². The van der Waals surface area contributed by atoms with Crippen molar-refractivity contribution in [2.24, 2.45) is 5.92 Å². The van der Waals surface area contributed by atoms with Crippen LogP contribution in [0.3, 0.4) is 0 Å². The van der Waals surface area contributed by atoms with Gasteiger partial charge in [0.1, 0.15) is 5.75 Å². The molecule has 1 aromatic rings. The van der Waals surface area contributed by atoms with Crippen LogP contribution in [-0.2, 0) is 19.6 Å². The molecule has 1 heterocycles. The fourth-order valence-electron chi connectivity index (χ4n) is 2.46. The molecule has 0 aromatic heterocycles. The fraction of sp³-hybridized carbons (Fsp3) is 0.467. The summed E-state index contributed by atoms with van der Waals surface area (Å²) in [4.78, 5) is 25.8. The maximum Gasteiger partial charge on any atom is 0.227 e. The summed E-state index contributed by atoms with van der Waals surface area (Å²) < 4.78 is 29.2. The second-order valence-electron chi connectivity index (χ2n) is 5.56. The Bertz CT molecular complexity index is 702. The van der Waals surface area contributed by atoms with Crippen LogP contribution in [-0.4, -0.2) is 53.2 Å². The molecule has 1 saturated heterocycles. The molecule has 0 spiro atoms. The normalized spacial score (nSPS) is 17.8. The van der Waals surface area contributed by atoms with Crippen molar-refractivity contribution in [1.82, 2.24) is 10.0 Å². The zero-order chi connectivity index (χ0) is 17.7. The third-order valence-corrected chi connectivity index (χ3v) is 4.40. The Morgan fingerprint density at radius 2 is 1.96 bits per heavy atom. The minimum absolute atomic E-state index is 0.116. The molecular formula is C15H21N3O5S. The molecule has 8 nitrogen and oxygen atoms in total. The van der Waals surface area contributed by atoms with Crippen LogP contribution in [0.15, 0.2) is 24.3 Å². The van der Waals surface area contributed by atoms with Gasteiger partial charge in [-0.3, -0.25) is 9.59 Å². The Labute approximate surface area is 141 Å². The topological polar surface area (TPSA) is 105 Å². The quantitative estimate of drug-likeness (QED) is 0.654. The first-order valence-corrected chi connectivity index (χ1v) is 9.36. The summed E-state index contributed by atoms with van der Waals surface area (Å²) in [5.74, 6) is -0.125. The molecule has 2 rings (SSSR count). The van der Waals surface area contributed by atoms with Crippen LogP contribution in [0.25, 0.3) is 0 Å². The van der Waals surface area contributed by atoms with E-state index < -0.39 is 15.9 Å². The van der Waals surface area contributed by atoms with Gasteiger partial charge < -0.3 is 15.0 Å². The number of carbonyl (C=O) groups is 2. The van der Waals surface area contributed by atoms with Gasteiger partial charge in [0.05, 0.1) is 19.3 Å². The number of amides is 2. The number of hydrogen-bond donors (Lipinski definition) is 2. The van der Waals surface area contributed by atoms with Gasteiger partial charge in [0.15, 0.2) is 0 Å². The number of methoxy groups -OCH3 is 1. The van der Waals surface area contributed by atoms with E-state index in [2.05, 4.69) is 10.0 Å². The van der Waals surface area contributed by atoms with Gasteiger partial charge in [0.25, 0.3) is 0 Å². The number of ether oxygens (including phenoxy) is 1. The molecule has 2 amide bonds. The average Bonchev–Trinajstić information content (AvgIpc) is 2.92. The van der Waals surface area contributed by atoms with Crippen LogP contribution in [0.1, 0.15) is 6.42 Å². The minimum atomic E-state index is -3.27. The summed E-state index contributed by atoms with van der Waals surface area (Å²) in [5.41, 5.74) is 0.717. The van der Waals surface area contributed by atoms with Crippen molar-refractivity contribution in [3.63, 3.8) is 0 Å². The molecule has 2 N–H and O–H groups in total. The number of sulfonamides is 1. The summed E-state index contributed by atoms with van der Waals surface area (Å²) in [5, 5.41) is 2.64. The van der Waals surface area contributed by atoms with E-state index in [-0.39, 0.29) is 31.3 Å². The van der Waals surface area contributed by atoms with Crippen LogP contribution < -0.4 is 19.7 Å². The second-order valence-corrected chi connectivity index (χ2v) is 7.39. The van der Waals surface area contributed by atoms with E-state index in [1.807, 2.05) is 0 Å². The largest absolute Gasteiger partial charge is 0.497 e. The number of anilines is 1. The van der Waals surface area contributed by atoms with Crippen molar-refractivity contribution in [1.29, 1.82) is 0 Å². The Hall–Kier alpha value is -2.13. The Morgan fingerprint density at radius 3 is 2.54 bits per heavy atom. The molecule has 24 heavy (non-hydrogen) atoms. The molecule has 1 aliphatic rings. The molecule has 1 fully saturated rings. The molecule has 0 aliphatic carbocycles. The van der Waals surface area contributed by atoms with Crippen LogP contribution in [0.4, 0.5) is 5.69 Å². The van der Waals surface area contributed by atoms with Crippen LogP contribution >= 0.6 is 0 Å². The summed E-state index contributed by atoms with van der Waals surface area (Å²) in [6.45, 7) is 0.600. The SMILES string of the molecule is COc1ccc(N2CC(C(=O)NCCNS(C)(=O)=O)CC2=O)cc1. The summed E-state index contributed by atoms with van der Waals surface area (Å²) in [7, 11) is -1.71. The number of hydrogen-bond acceptors (Lipinski definition) is 5. The van der Waals surface area contributed by atoms with E-state index >= 15 is 0 Å². The lowest BCUT2D eigenvalue weighted by molar-refractivity contribution is -0.126. The molecule has 0 radical (unpaired) electrons. The number of benzene rings is 1. The number of nitrogens with zero attached hydrogens (tertiary/aromatic N) is 1. The number of nitrogens with one attached hydrogen (secondary N) is 2. The highest BCUT2D eigenvalue weighted by Gasteiger charge is 2.34. The zero-order valence-electron chi connectivity index (χ0n) is 13.6. The van der Waals surface area contributed by atoms with Gasteiger partial charge in [-0.05, 0) is 24.3 Å². The maximum absolute atomic E-state index is 12.1. The average molecular weight is 355 g/mol. The Balaban J connectivity index is 1.87. The van der Waals surface area contributed by atoms with Crippen molar-refractivity contribution in [2.45, 2.75) is 6.42 Å². The van der Waals surface area contributed by atoms with Crippen molar-refractivity contribution < 1.29 is 22.7 Å². The van der Waals surface area contributed by atoms with Gasteiger partial charge in [0, 0.05) is 31.7 Å². The lowest BCUT2D eigenvalue weighted by Gasteiger charge is -2.17. The van der Waals surface area contributed by atoms with Gasteiger partial charge >= 0.3 is 0 Å². The number of rotatable bonds is 7. The predicted molar refractivity (Wildman–Crippen MR) is 89.3 cm³/mol. The molecule has 9 heteroatoms. The van der Waals surface area contributed by atoms with Crippen LogP contribution in [0.2, 0.25) is 0 Å². The monoisotopic (exact) mass is 355 g/mol. The first-order valence-electron chi connectivity index (χ1n) is 7.47. The van der Waals surface area contributed by atoms with Gasteiger partial charge in [-0.15, -0.1) is 0 Å². The molecular weight excluding hydrogens is 334 g/mol. The molecule has 1 unspecified atom stereocenters. The fourth-order valence-corrected chi connectivity index (χ4v) is 2.93. The van der Waals surface area contributed by atoms with Crippen LogP contribution in [0, 0.1) is 5.92 Å². The smallest absolute Gasteiger partial charge is 0.227 e. The van der Waals surface area contributed by atoms with Gasteiger partial charge in [0.2, 0.25) is 21.8 Å². The highest BCUT2D eigenvalue weighted by atomic mass is 32.2. The second kappa shape index (κ2) is 7.63. The molecule has 1 atom stereocenters. The van der Waals surface area contributed by atoms with Crippen LogP contribution in [0.5, 0.6) is 5.75 Å². The number of carbonyl (C=O) groups excluding carboxylic acids is 2. The highest BCUT2D eigenvalue weighted by Crippen LogP contribution is 2.26. The molecule has 0 saturated carbocycles. The summed E-state index contributed by atoms with van der Waals surface area (Å²) >= 11 is 0. The van der Waals surface area contributed by atoms with Gasteiger partial charge in [-0.2, -0.15) is 0 Å². The van der Waals surface area contributed by atoms with E-state index in [1.165, 1.54) is 0 Å². The van der Waals surface area contributed by atoms with Crippen molar-refractivity contribution >= 4 is 27.5 Å². The summed E-state index contributed by atoms with van der Waals surface area (Å²) in [6.07, 6.45) is 1.19. The Morgan fingerprint density at radius 1 is 1.29 bits per heavy atom. The maximum atomic E-state index is 12.1. The summed E-state index contributed by atoms with van der Waals surface area (Å²) in [6, 6.07) is 7.06. The van der Waals surface area contributed by atoms with Crippen molar-refractivity contribution in [2.75, 3.05) is 37.9 Å². The highest BCUT2D eigenvalue weighted by molar-refractivity contribution is 7.88. The van der Waals surface area contributed by atoms with E-state index in [0.29, 0.717) is 12.3 Å². The van der Waals surface area contributed by atoms with E-state index in [9.17, 15) is 18.0 Å². The molecule has 132 valence electrons. The van der Waals surface area contributed by atoms with Crippen molar-refractivity contribution in [3.05, 3.63) is 24.3 Å².